The van der Waals surface area contributed by atoms with Crippen molar-refractivity contribution >= 4 is 0 Å². The van der Waals surface area contributed by atoms with Crippen LogP contribution in [0.15, 0.2) is 0 Å². The van der Waals surface area contributed by atoms with E-state index in [9.17, 15) is 0 Å². The van der Waals surface area contributed by atoms with Crippen LogP contribution in [0.3, 0.4) is 0 Å². The van der Waals surface area contributed by atoms with Crippen LogP contribution in [-0.2, 0) is 0 Å². The van der Waals surface area contributed by atoms with Crippen LogP contribution < -0.4 is 5.73 Å². The van der Waals surface area contributed by atoms with Crippen LogP contribution in [-0.4, -0.2) is 54.1 Å². The fourth-order valence-electron chi connectivity index (χ4n) is 3.28. The molecular formula is C13H27N3. The molecule has 2 rings (SSSR count). The Kier molecular flexibility index (Phi) is 3.88. The Morgan fingerprint density at radius 3 is 2.50 bits per heavy atom. The maximum absolute atomic E-state index is 6.12. The lowest BCUT2D eigenvalue weighted by atomic mass is 9.95. The summed E-state index contributed by atoms with van der Waals surface area (Å²) >= 11 is 0. The normalized spacial score (nSPS) is 38.4. The number of hydrogen-bond acceptors (Lipinski definition) is 3. The molecule has 16 heavy (non-hydrogen) atoms. The molecule has 3 nitrogen and oxygen atoms in total. The molecule has 3 unspecified atom stereocenters. The molecule has 0 radical (unpaired) electrons. The third-order valence-corrected chi connectivity index (χ3v) is 4.16. The van der Waals surface area contributed by atoms with Crippen molar-refractivity contribution in [2.24, 2.45) is 11.7 Å². The van der Waals surface area contributed by atoms with E-state index in [2.05, 4.69) is 30.6 Å². The second-order valence-corrected chi connectivity index (χ2v) is 6.09. The van der Waals surface area contributed by atoms with E-state index < -0.39 is 0 Å². The summed E-state index contributed by atoms with van der Waals surface area (Å²) in [7, 11) is 0. The van der Waals surface area contributed by atoms with Crippen molar-refractivity contribution in [2.75, 3.05) is 26.2 Å². The quantitative estimate of drug-likeness (QED) is 0.765. The van der Waals surface area contributed by atoms with Crippen molar-refractivity contribution in [3.63, 3.8) is 0 Å². The zero-order valence-corrected chi connectivity index (χ0v) is 11.0. The summed E-state index contributed by atoms with van der Waals surface area (Å²) in [5.74, 6) is 0.775. The van der Waals surface area contributed by atoms with Crippen molar-refractivity contribution < 1.29 is 0 Å². The highest BCUT2D eigenvalue weighted by Gasteiger charge is 2.32. The van der Waals surface area contributed by atoms with Gasteiger partial charge < -0.3 is 5.73 Å². The number of piperidine rings is 1. The Labute approximate surface area is 100.0 Å². The summed E-state index contributed by atoms with van der Waals surface area (Å²) in [5.41, 5.74) is 6.12. The van der Waals surface area contributed by atoms with Gasteiger partial charge in [0.2, 0.25) is 0 Å². The smallest absolute Gasteiger partial charge is 0.0236 e. The highest BCUT2D eigenvalue weighted by Crippen LogP contribution is 2.23. The fraction of sp³-hybridized carbons (Fsp3) is 1.00. The maximum atomic E-state index is 6.12. The summed E-state index contributed by atoms with van der Waals surface area (Å²) in [4.78, 5) is 5.23. The molecular weight excluding hydrogens is 198 g/mol. The van der Waals surface area contributed by atoms with Crippen LogP contribution in [0.4, 0.5) is 0 Å². The Balaban J connectivity index is 1.88. The van der Waals surface area contributed by atoms with E-state index in [-0.39, 0.29) is 0 Å². The molecule has 2 saturated heterocycles. The molecule has 0 bridgehead atoms. The van der Waals surface area contributed by atoms with E-state index in [0.29, 0.717) is 12.1 Å². The summed E-state index contributed by atoms with van der Waals surface area (Å²) in [6.07, 6.45) is 2.54. The zero-order valence-electron chi connectivity index (χ0n) is 11.0. The van der Waals surface area contributed by atoms with Crippen molar-refractivity contribution in [3.05, 3.63) is 0 Å². The van der Waals surface area contributed by atoms with Crippen molar-refractivity contribution in [1.82, 2.24) is 9.80 Å². The second-order valence-electron chi connectivity index (χ2n) is 6.09. The number of nitrogens with two attached hydrogens (primary N) is 1. The van der Waals surface area contributed by atoms with Crippen LogP contribution in [0.25, 0.3) is 0 Å². The number of rotatable bonds is 2. The Morgan fingerprint density at radius 1 is 1.19 bits per heavy atom. The maximum Gasteiger partial charge on any atom is 0.0236 e. The molecule has 2 N–H and O–H groups in total. The lowest BCUT2D eigenvalue weighted by Gasteiger charge is -2.38. The predicted molar refractivity (Wildman–Crippen MR) is 68.4 cm³/mol. The molecule has 0 amide bonds. The van der Waals surface area contributed by atoms with Gasteiger partial charge in [-0.3, -0.25) is 9.80 Å². The summed E-state index contributed by atoms with van der Waals surface area (Å²) in [6, 6.07) is 1.86. The molecule has 0 spiro atoms. The Hall–Kier alpha value is -0.120. The minimum Gasteiger partial charge on any atom is -0.327 e. The second kappa shape index (κ2) is 5.03. The number of nitrogens with zero attached hydrogens (tertiary/aromatic N) is 2. The zero-order chi connectivity index (χ0) is 11.7. The van der Waals surface area contributed by atoms with E-state index in [1.807, 2.05) is 0 Å². The van der Waals surface area contributed by atoms with Gasteiger partial charge in [-0.1, -0.05) is 6.92 Å². The van der Waals surface area contributed by atoms with Gasteiger partial charge in [-0.2, -0.15) is 0 Å². The molecule has 94 valence electrons. The third-order valence-electron chi connectivity index (χ3n) is 4.16. The van der Waals surface area contributed by atoms with E-state index in [4.69, 9.17) is 5.73 Å². The molecule has 3 atom stereocenters. The van der Waals surface area contributed by atoms with E-state index in [1.54, 1.807) is 0 Å². The van der Waals surface area contributed by atoms with Gasteiger partial charge in [0.15, 0.2) is 0 Å². The van der Waals surface area contributed by atoms with Crippen molar-refractivity contribution in [3.8, 4) is 0 Å². The topological polar surface area (TPSA) is 32.5 Å². The lowest BCUT2D eigenvalue weighted by Crippen LogP contribution is -2.51. The van der Waals surface area contributed by atoms with Crippen LogP contribution in [0.5, 0.6) is 0 Å². The highest BCUT2D eigenvalue weighted by atomic mass is 15.3. The third kappa shape index (κ3) is 2.76. The summed E-state index contributed by atoms with van der Waals surface area (Å²) < 4.78 is 0. The van der Waals surface area contributed by atoms with Crippen LogP contribution in [0.2, 0.25) is 0 Å². The minimum absolute atomic E-state index is 0.400. The molecule has 2 aliphatic rings. The van der Waals surface area contributed by atoms with Gasteiger partial charge in [0.1, 0.15) is 0 Å². The average molecular weight is 225 g/mol. The largest absolute Gasteiger partial charge is 0.327 e. The Morgan fingerprint density at radius 2 is 1.94 bits per heavy atom. The standard InChI is InChI=1S/C13H27N3/c1-10(2)15-5-4-13(9-15)16-7-11(3)6-12(14)8-16/h10-13H,4-9,14H2,1-3H3. The molecule has 2 aliphatic heterocycles. The summed E-state index contributed by atoms with van der Waals surface area (Å²) in [6.45, 7) is 11.8. The first-order valence-electron chi connectivity index (χ1n) is 6.80. The van der Waals surface area contributed by atoms with Crippen molar-refractivity contribution in [2.45, 2.75) is 51.7 Å². The van der Waals surface area contributed by atoms with Crippen LogP contribution >= 0.6 is 0 Å². The van der Waals surface area contributed by atoms with Gasteiger partial charge in [-0.15, -0.1) is 0 Å². The lowest BCUT2D eigenvalue weighted by molar-refractivity contribution is 0.114. The van der Waals surface area contributed by atoms with Gasteiger partial charge in [-0.05, 0) is 32.6 Å². The number of likely N-dealkylation sites (tertiary alicyclic amines) is 2. The van der Waals surface area contributed by atoms with E-state index in [1.165, 1.54) is 32.5 Å². The van der Waals surface area contributed by atoms with Crippen molar-refractivity contribution in [1.29, 1.82) is 0 Å². The van der Waals surface area contributed by atoms with Gasteiger partial charge >= 0.3 is 0 Å². The highest BCUT2D eigenvalue weighted by molar-refractivity contribution is 4.89. The molecule has 2 fully saturated rings. The summed E-state index contributed by atoms with van der Waals surface area (Å²) in [5, 5.41) is 0. The first-order valence-corrected chi connectivity index (χ1v) is 6.80. The van der Waals surface area contributed by atoms with E-state index in [0.717, 1.165) is 18.5 Å². The van der Waals surface area contributed by atoms with Gasteiger partial charge in [0, 0.05) is 44.3 Å². The van der Waals surface area contributed by atoms with Crippen LogP contribution in [0.1, 0.15) is 33.6 Å². The molecule has 0 aromatic rings. The monoisotopic (exact) mass is 225 g/mol. The Bertz CT molecular complexity index is 219. The molecule has 0 aromatic heterocycles. The molecule has 3 heteroatoms. The first kappa shape index (κ1) is 12.3. The number of hydrogen-bond donors (Lipinski definition) is 1. The van der Waals surface area contributed by atoms with E-state index >= 15 is 0 Å². The van der Waals surface area contributed by atoms with Gasteiger partial charge in [0.25, 0.3) is 0 Å². The molecule has 0 aliphatic carbocycles. The molecule has 0 aromatic carbocycles. The first-order chi connectivity index (χ1) is 7.56. The predicted octanol–water partition coefficient (Wildman–Crippen LogP) is 1.14. The fourth-order valence-corrected chi connectivity index (χ4v) is 3.28. The van der Waals surface area contributed by atoms with Gasteiger partial charge in [-0.25, -0.2) is 0 Å². The molecule has 0 saturated carbocycles. The van der Waals surface area contributed by atoms with Crippen LogP contribution in [0, 0.1) is 5.92 Å². The average Bonchev–Trinajstić information content (AvgIpc) is 2.64. The molecule has 2 heterocycles. The minimum atomic E-state index is 0.400. The SMILES string of the molecule is CC1CC(N)CN(C2CCN(C(C)C)C2)C1. The van der Waals surface area contributed by atoms with Gasteiger partial charge in [0.05, 0.1) is 0 Å².